The number of fused-ring (bicyclic) bond motifs is 1. The molecule has 0 saturated heterocycles. The van der Waals surface area contributed by atoms with Crippen LogP contribution in [0.4, 0.5) is 0 Å². The summed E-state index contributed by atoms with van der Waals surface area (Å²) in [6.45, 7) is 4.14. The summed E-state index contributed by atoms with van der Waals surface area (Å²) in [7, 11) is -3.58. The van der Waals surface area contributed by atoms with Crippen molar-refractivity contribution in [2.45, 2.75) is 50.5 Å². The molecule has 0 aliphatic carbocycles. The average Bonchev–Trinajstić information content (AvgIpc) is 2.64. The Morgan fingerprint density at radius 1 is 1.11 bits per heavy atom. The predicted molar refractivity (Wildman–Crippen MR) is 110 cm³/mol. The van der Waals surface area contributed by atoms with Crippen LogP contribution in [0, 0.1) is 0 Å². The maximum Gasteiger partial charge on any atom is 0.216 e. The summed E-state index contributed by atoms with van der Waals surface area (Å²) in [5.41, 5.74) is 1.09. The van der Waals surface area contributed by atoms with Crippen molar-refractivity contribution in [3.63, 3.8) is 0 Å². The summed E-state index contributed by atoms with van der Waals surface area (Å²) in [5, 5.41) is 0.747. The van der Waals surface area contributed by atoms with E-state index in [9.17, 15) is 8.42 Å². The molecule has 0 radical (unpaired) electrons. The average molecular weight is 428 g/mol. The molecule has 1 heterocycles. The highest BCUT2D eigenvalue weighted by atomic mass is 35.5. The number of rotatable bonds is 6. The number of nitrogens with one attached hydrogen (secondary N) is 1. The van der Waals surface area contributed by atoms with E-state index in [1.165, 1.54) is 0 Å². The Morgan fingerprint density at radius 2 is 1.81 bits per heavy atom. The maximum absolute atomic E-state index is 12.8. The van der Waals surface area contributed by atoms with E-state index < -0.39 is 10.0 Å². The fourth-order valence-electron chi connectivity index (χ4n) is 3.51. The standard InChI is InChI=1S/C20H23Cl2NO3S/c1-3-20(4-2)12-18(15-7-5-6-8-19(15)26-20)23-27(24,25)13-14-9-10-16(21)17(22)11-14/h5-11,18,23H,3-4,12-13H2,1-2H3/t18-/m0/s1. The smallest absolute Gasteiger partial charge is 0.216 e. The van der Waals surface area contributed by atoms with Crippen molar-refractivity contribution in [2.24, 2.45) is 0 Å². The second-order valence-corrected chi connectivity index (χ2v) is 9.48. The molecule has 0 saturated carbocycles. The van der Waals surface area contributed by atoms with Gasteiger partial charge < -0.3 is 4.74 Å². The molecule has 1 atom stereocenters. The topological polar surface area (TPSA) is 55.4 Å². The van der Waals surface area contributed by atoms with Crippen LogP contribution in [0.15, 0.2) is 42.5 Å². The molecule has 4 nitrogen and oxygen atoms in total. The van der Waals surface area contributed by atoms with Crippen molar-refractivity contribution in [1.29, 1.82) is 0 Å². The monoisotopic (exact) mass is 427 g/mol. The van der Waals surface area contributed by atoms with Crippen LogP contribution in [0.2, 0.25) is 10.0 Å². The van der Waals surface area contributed by atoms with E-state index in [1.54, 1.807) is 18.2 Å². The molecule has 7 heteroatoms. The van der Waals surface area contributed by atoms with Crippen molar-refractivity contribution in [2.75, 3.05) is 0 Å². The first-order chi connectivity index (χ1) is 12.8. The van der Waals surface area contributed by atoms with E-state index in [0.717, 1.165) is 24.2 Å². The van der Waals surface area contributed by atoms with E-state index >= 15 is 0 Å². The third kappa shape index (κ3) is 4.60. The van der Waals surface area contributed by atoms with E-state index in [0.29, 0.717) is 22.0 Å². The second-order valence-electron chi connectivity index (χ2n) is 6.91. The van der Waals surface area contributed by atoms with Crippen molar-refractivity contribution in [3.05, 3.63) is 63.6 Å². The van der Waals surface area contributed by atoms with Gasteiger partial charge in [-0.2, -0.15) is 0 Å². The number of para-hydroxylation sites is 1. The van der Waals surface area contributed by atoms with E-state index in [4.69, 9.17) is 27.9 Å². The first-order valence-electron chi connectivity index (χ1n) is 8.99. The molecule has 2 aromatic carbocycles. The second kappa shape index (κ2) is 8.00. The molecular weight excluding hydrogens is 405 g/mol. The molecule has 1 aliphatic rings. The van der Waals surface area contributed by atoms with Gasteiger partial charge in [-0.15, -0.1) is 0 Å². The quantitative estimate of drug-likeness (QED) is 0.662. The van der Waals surface area contributed by atoms with Gasteiger partial charge in [0.1, 0.15) is 11.4 Å². The Hall–Kier alpha value is -1.27. The number of halogens is 2. The minimum absolute atomic E-state index is 0.158. The molecule has 1 N–H and O–H groups in total. The van der Waals surface area contributed by atoms with Crippen LogP contribution < -0.4 is 9.46 Å². The zero-order valence-corrected chi connectivity index (χ0v) is 17.7. The minimum Gasteiger partial charge on any atom is -0.487 e. The lowest BCUT2D eigenvalue weighted by Crippen LogP contribution is -2.44. The highest BCUT2D eigenvalue weighted by Crippen LogP contribution is 2.43. The Kier molecular flexibility index (Phi) is 6.06. The van der Waals surface area contributed by atoms with Crippen LogP contribution in [-0.4, -0.2) is 14.0 Å². The van der Waals surface area contributed by atoms with Crippen molar-refractivity contribution < 1.29 is 13.2 Å². The summed E-state index contributed by atoms with van der Waals surface area (Å²) in [4.78, 5) is 0. The summed E-state index contributed by atoms with van der Waals surface area (Å²) < 4.78 is 34.8. The van der Waals surface area contributed by atoms with Crippen LogP contribution in [-0.2, 0) is 15.8 Å². The highest BCUT2D eigenvalue weighted by Gasteiger charge is 2.39. The van der Waals surface area contributed by atoms with Gasteiger partial charge in [0.2, 0.25) is 10.0 Å². The number of hydrogen-bond acceptors (Lipinski definition) is 3. The van der Waals surface area contributed by atoms with E-state index in [-0.39, 0.29) is 17.4 Å². The molecule has 3 rings (SSSR count). The van der Waals surface area contributed by atoms with Crippen molar-refractivity contribution in [1.82, 2.24) is 4.72 Å². The molecule has 27 heavy (non-hydrogen) atoms. The van der Waals surface area contributed by atoms with Crippen LogP contribution >= 0.6 is 23.2 Å². The summed E-state index contributed by atoms with van der Waals surface area (Å²) in [6.07, 6.45) is 2.21. The molecule has 1 aliphatic heterocycles. The molecule has 2 aromatic rings. The van der Waals surface area contributed by atoms with Gasteiger partial charge in [-0.3, -0.25) is 0 Å². The Morgan fingerprint density at radius 3 is 2.48 bits per heavy atom. The molecule has 146 valence electrons. The summed E-state index contributed by atoms with van der Waals surface area (Å²) in [5.74, 6) is 0.587. The predicted octanol–water partition coefficient (Wildman–Crippen LogP) is 5.50. The third-order valence-corrected chi connectivity index (χ3v) is 7.24. The van der Waals surface area contributed by atoms with Gasteiger partial charge in [-0.25, -0.2) is 13.1 Å². The third-order valence-electron chi connectivity index (χ3n) is 5.15. The summed E-state index contributed by atoms with van der Waals surface area (Å²) >= 11 is 11.9. The Bertz CT molecular complexity index is 927. The van der Waals surface area contributed by atoms with Crippen molar-refractivity contribution >= 4 is 33.2 Å². The van der Waals surface area contributed by atoms with Crippen molar-refractivity contribution in [3.8, 4) is 5.75 Å². The number of ether oxygens (including phenoxy) is 1. The van der Waals surface area contributed by atoms with Gasteiger partial charge >= 0.3 is 0 Å². The van der Waals surface area contributed by atoms with E-state index in [2.05, 4.69) is 18.6 Å². The zero-order chi connectivity index (χ0) is 19.7. The number of hydrogen-bond donors (Lipinski definition) is 1. The first-order valence-corrected chi connectivity index (χ1v) is 11.4. The van der Waals surface area contributed by atoms with Gasteiger partial charge in [0.25, 0.3) is 0 Å². The molecule has 0 unspecified atom stereocenters. The molecule has 0 amide bonds. The number of benzene rings is 2. The highest BCUT2D eigenvalue weighted by molar-refractivity contribution is 7.88. The lowest BCUT2D eigenvalue weighted by Gasteiger charge is -2.41. The van der Waals surface area contributed by atoms with Gasteiger partial charge in [-0.05, 0) is 36.6 Å². The maximum atomic E-state index is 12.8. The van der Waals surface area contributed by atoms with Crippen LogP contribution in [0.3, 0.4) is 0 Å². The number of sulfonamides is 1. The molecule has 0 spiro atoms. The normalized spacial score (nSPS) is 18.6. The van der Waals surface area contributed by atoms with Gasteiger partial charge in [0.15, 0.2) is 0 Å². The van der Waals surface area contributed by atoms with Crippen LogP contribution in [0.1, 0.15) is 50.3 Å². The fourth-order valence-corrected chi connectivity index (χ4v) is 5.18. The lowest BCUT2D eigenvalue weighted by atomic mass is 9.84. The van der Waals surface area contributed by atoms with Crippen LogP contribution in [0.25, 0.3) is 0 Å². The molecule has 0 bridgehead atoms. The summed E-state index contributed by atoms with van der Waals surface area (Å²) in [6, 6.07) is 12.2. The lowest BCUT2D eigenvalue weighted by molar-refractivity contribution is 0.0260. The zero-order valence-electron chi connectivity index (χ0n) is 15.3. The molecule has 0 aromatic heterocycles. The minimum atomic E-state index is -3.58. The Balaban J connectivity index is 1.87. The van der Waals surface area contributed by atoms with E-state index in [1.807, 2.05) is 24.3 Å². The SMILES string of the molecule is CCC1(CC)C[C@H](NS(=O)(=O)Cc2ccc(Cl)c(Cl)c2)c2ccccc2O1. The molecule has 0 fully saturated rings. The van der Waals surface area contributed by atoms with Gasteiger partial charge in [-0.1, -0.05) is 61.3 Å². The van der Waals surface area contributed by atoms with Crippen LogP contribution in [0.5, 0.6) is 5.75 Å². The fraction of sp³-hybridized carbons (Fsp3) is 0.400. The Labute approximate surface area is 170 Å². The largest absolute Gasteiger partial charge is 0.487 e. The molecular formula is C20H23Cl2NO3S. The van der Waals surface area contributed by atoms with Gasteiger partial charge in [0, 0.05) is 12.0 Å². The van der Waals surface area contributed by atoms with Gasteiger partial charge in [0.05, 0.1) is 21.8 Å². The first kappa shape index (κ1) is 20.5.